The molecule has 0 saturated carbocycles. The second kappa shape index (κ2) is 5.50. The first-order valence-corrected chi connectivity index (χ1v) is 3.42. The Bertz CT molecular complexity index is 153. The van der Waals surface area contributed by atoms with Crippen molar-refractivity contribution in [1.29, 1.82) is 0 Å². The quantitative estimate of drug-likeness (QED) is 0.375. The molecule has 0 aromatic carbocycles. The van der Waals surface area contributed by atoms with Gasteiger partial charge in [-0.05, 0) is 6.92 Å². The van der Waals surface area contributed by atoms with E-state index in [1.54, 1.807) is 6.92 Å². The Balaban J connectivity index is 3.39. The summed E-state index contributed by atoms with van der Waals surface area (Å²) in [4.78, 5) is 20.1. The first kappa shape index (κ1) is 10.9. The smallest absolute Gasteiger partial charge is 0.317 e. The molecule has 70 valence electrons. The molecule has 0 aromatic heterocycles. The van der Waals surface area contributed by atoms with Crippen LogP contribution in [0.25, 0.3) is 0 Å². The molecule has 6 nitrogen and oxygen atoms in total. The molecule has 0 aliphatic heterocycles. The SMILES string of the molecule is CC(NCC(=O)O)NCC(=O)O. The largest absolute Gasteiger partial charge is 0.480 e. The summed E-state index contributed by atoms with van der Waals surface area (Å²) < 4.78 is 0. The van der Waals surface area contributed by atoms with Crippen LogP contribution in [0.5, 0.6) is 0 Å². The van der Waals surface area contributed by atoms with Crippen LogP contribution in [0.2, 0.25) is 0 Å². The Labute approximate surface area is 69.6 Å². The number of hydrogen-bond donors (Lipinski definition) is 4. The van der Waals surface area contributed by atoms with E-state index in [1.807, 2.05) is 0 Å². The van der Waals surface area contributed by atoms with Gasteiger partial charge in [-0.3, -0.25) is 20.2 Å². The van der Waals surface area contributed by atoms with Gasteiger partial charge in [0.15, 0.2) is 0 Å². The van der Waals surface area contributed by atoms with Gasteiger partial charge in [-0.2, -0.15) is 0 Å². The minimum absolute atomic E-state index is 0.187. The molecular formula is C6H12N2O4. The van der Waals surface area contributed by atoms with Gasteiger partial charge in [0.25, 0.3) is 0 Å². The zero-order chi connectivity index (χ0) is 9.56. The van der Waals surface area contributed by atoms with Crippen LogP contribution < -0.4 is 10.6 Å². The summed E-state index contributed by atoms with van der Waals surface area (Å²) >= 11 is 0. The molecule has 4 N–H and O–H groups in total. The van der Waals surface area contributed by atoms with Crippen LogP contribution in [0.3, 0.4) is 0 Å². The molecule has 12 heavy (non-hydrogen) atoms. The van der Waals surface area contributed by atoms with Gasteiger partial charge in [0.05, 0.1) is 19.3 Å². The van der Waals surface area contributed by atoms with Crippen LogP contribution in [0.1, 0.15) is 6.92 Å². The predicted molar refractivity (Wildman–Crippen MR) is 40.7 cm³/mol. The highest BCUT2D eigenvalue weighted by molar-refractivity contribution is 5.69. The highest BCUT2D eigenvalue weighted by Gasteiger charge is 2.04. The van der Waals surface area contributed by atoms with Crippen molar-refractivity contribution in [3.8, 4) is 0 Å². The molecule has 0 aliphatic rings. The summed E-state index contributed by atoms with van der Waals surface area (Å²) in [5, 5.41) is 21.6. The van der Waals surface area contributed by atoms with Crippen LogP contribution in [-0.2, 0) is 9.59 Å². The molecule has 0 heterocycles. The van der Waals surface area contributed by atoms with Gasteiger partial charge < -0.3 is 10.2 Å². The van der Waals surface area contributed by atoms with Crippen molar-refractivity contribution in [2.24, 2.45) is 0 Å². The van der Waals surface area contributed by atoms with Crippen LogP contribution >= 0.6 is 0 Å². The summed E-state index contributed by atoms with van der Waals surface area (Å²) in [5.41, 5.74) is 0. The van der Waals surface area contributed by atoms with Crippen molar-refractivity contribution < 1.29 is 19.8 Å². The lowest BCUT2D eigenvalue weighted by Crippen LogP contribution is -2.44. The van der Waals surface area contributed by atoms with Gasteiger partial charge in [-0.15, -0.1) is 0 Å². The van der Waals surface area contributed by atoms with Crippen LogP contribution in [-0.4, -0.2) is 41.4 Å². The molecule has 0 aliphatic carbocycles. The molecule has 6 heteroatoms. The van der Waals surface area contributed by atoms with Gasteiger partial charge in [-0.25, -0.2) is 0 Å². The number of nitrogens with one attached hydrogen (secondary N) is 2. The maximum Gasteiger partial charge on any atom is 0.317 e. The van der Waals surface area contributed by atoms with Crippen LogP contribution in [0, 0.1) is 0 Å². The summed E-state index contributed by atoms with van der Waals surface area (Å²) in [6.07, 6.45) is -0.322. The van der Waals surface area contributed by atoms with E-state index in [1.165, 1.54) is 0 Å². The molecule has 0 aromatic rings. The van der Waals surface area contributed by atoms with Crippen molar-refractivity contribution in [3.63, 3.8) is 0 Å². The number of rotatable bonds is 6. The fourth-order valence-electron chi connectivity index (χ4n) is 0.553. The van der Waals surface area contributed by atoms with E-state index in [2.05, 4.69) is 10.6 Å². The zero-order valence-electron chi connectivity index (χ0n) is 6.70. The summed E-state index contributed by atoms with van der Waals surface area (Å²) in [7, 11) is 0. The van der Waals surface area contributed by atoms with E-state index < -0.39 is 11.9 Å². The Kier molecular flexibility index (Phi) is 4.98. The number of carboxylic acids is 2. The highest BCUT2D eigenvalue weighted by Crippen LogP contribution is 1.73. The first-order valence-electron chi connectivity index (χ1n) is 3.42. The number of aliphatic carboxylic acids is 2. The molecule has 0 rings (SSSR count). The standard InChI is InChI=1S/C6H12N2O4/c1-4(7-2-5(9)10)8-3-6(11)12/h4,7-8H,2-3H2,1H3,(H,9,10)(H,11,12). The van der Waals surface area contributed by atoms with Crippen molar-refractivity contribution in [2.75, 3.05) is 13.1 Å². The van der Waals surface area contributed by atoms with Crippen molar-refractivity contribution in [3.05, 3.63) is 0 Å². The minimum Gasteiger partial charge on any atom is -0.480 e. The fraction of sp³-hybridized carbons (Fsp3) is 0.667. The lowest BCUT2D eigenvalue weighted by Gasteiger charge is -2.11. The van der Waals surface area contributed by atoms with E-state index in [4.69, 9.17) is 10.2 Å². The summed E-state index contributed by atoms with van der Waals surface area (Å²) in [6, 6.07) is 0. The predicted octanol–water partition coefficient (Wildman–Crippen LogP) is -1.32. The molecule has 0 atom stereocenters. The fourth-order valence-corrected chi connectivity index (χ4v) is 0.553. The number of hydrogen-bond acceptors (Lipinski definition) is 4. The van der Waals surface area contributed by atoms with Crippen molar-refractivity contribution >= 4 is 11.9 Å². The minimum atomic E-state index is -0.973. The molecular weight excluding hydrogens is 164 g/mol. The molecule has 0 saturated heterocycles. The Morgan fingerprint density at radius 2 is 1.50 bits per heavy atom. The normalized spacial score (nSPS) is 10.2. The first-order chi connectivity index (χ1) is 5.52. The second-order valence-corrected chi connectivity index (χ2v) is 2.27. The van der Waals surface area contributed by atoms with Crippen LogP contribution in [0.4, 0.5) is 0 Å². The van der Waals surface area contributed by atoms with Gasteiger partial charge >= 0.3 is 11.9 Å². The zero-order valence-corrected chi connectivity index (χ0v) is 6.70. The third kappa shape index (κ3) is 6.97. The maximum atomic E-state index is 10.0. The van der Waals surface area contributed by atoms with Crippen molar-refractivity contribution in [1.82, 2.24) is 10.6 Å². The molecule has 0 bridgehead atoms. The number of carbonyl (C=O) groups is 2. The molecule has 0 radical (unpaired) electrons. The number of carboxylic acid groups (broad SMARTS) is 2. The van der Waals surface area contributed by atoms with Gasteiger partial charge in [0.1, 0.15) is 0 Å². The van der Waals surface area contributed by atoms with E-state index in [0.717, 1.165) is 0 Å². The van der Waals surface area contributed by atoms with E-state index in [0.29, 0.717) is 0 Å². The van der Waals surface area contributed by atoms with E-state index in [-0.39, 0.29) is 19.3 Å². The highest BCUT2D eigenvalue weighted by atomic mass is 16.4. The summed E-state index contributed by atoms with van der Waals surface area (Å²) in [6.45, 7) is 1.27. The average molecular weight is 176 g/mol. The van der Waals surface area contributed by atoms with Gasteiger partial charge in [0, 0.05) is 0 Å². The summed E-state index contributed by atoms with van der Waals surface area (Å²) in [5.74, 6) is -1.95. The van der Waals surface area contributed by atoms with Gasteiger partial charge in [-0.1, -0.05) is 0 Å². The molecule has 0 spiro atoms. The average Bonchev–Trinajstić information content (AvgIpc) is 1.96. The van der Waals surface area contributed by atoms with E-state index >= 15 is 0 Å². The third-order valence-corrected chi connectivity index (χ3v) is 1.12. The topological polar surface area (TPSA) is 98.7 Å². The monoisotopic (exact) mass is 176 g/mol. The Morgan fingerprint density at radius 1 is 1.17 bits per heavy atom. The molecule has 0 unspecified atom stereocenters. The second-order valence-electron chi connectivity index (χ2n) is 2.27. The molecule has 0 amide bonds. The Hall–Kier alpha value is -1.14. The molecule has 0 fully saturated rings. The van der Waals surface area contributed by atoms with Gasteiger partial charge in [0.2, 0.25) is 0 Å². The van der Waals surface area contributed by atoms with Crippen molar-refractivity contribution in [2.45, 2.75) is 13.1 Å². The lowest BCUT2D eigenvalue weighted by molar-refractivity contribution is -0.136. The Morgan fingerprint density at radius 3 is 1.75 bits per heavy atom. The third-order valence-electron chi connectivity index (χ3n) is 1.12. The lowest BCUT2D eigenvalue weighted by atomic mass is 10.5. The van der Waals surface area contributed by atoms with E-state index in [9.17, 15) is 9.59 Å². The maximum absolute atomic E-state index is 10.0. The van der Waals surface area contributed by atoms with Crippen LogP contribution in [0.15, 0.2) is 0 Å².